The summed E-state index contributed by atoms with van der Waals surface area (Å²) in [6.07, 6.45) is 0.258. The number of benzene rings is 1. The lowest BCUT2D eigenvalue weighted by Crippen LogP contribution is -2.22. The molecular formula is C12H16N2O4. The highest BCUT2D eigenvalue weighted by Crippen LogP contribution is 2.21. The minimum absolute atomic E-state index is 0.133. The first-order valence-electron chi connectivity index (χ1n) is 5.61. The molecule has 6 nitrogen and oxygen atoms in total. The fourth-order valence-electron chi connectivity index (χ4n) is 1.41. The van der Waals surface area contributed by atoms with Crippen LogP contribution in [0, 0.1) is 0 Å². The first-order valence-corrected chi connectivity index (χ1v) is 5.61. The van der Waals surface area contributed by atoms with Crippen LogP contribution in [0.2, 0.25) is 0 Å². The fraction of sp³-hybridized carbons (Fsp3) is 0.333. The molecule has 0 aliphatic carbocycles. The summed E-state index contributed by atoms with van der Waals surface area (Å²) in [5.74, 6) is -1.63. The second kappa shape index (κ2) is 6.61. The van der Waals surface area contributed by atoms with E-state index in [0.717, 1.165) is 12.6 Å². The maximum atomic E-state index is 11.5. The van der Waals surface area contributed by atoms with Crippen molar-refractivity contribution in [3.8, 4) is 5.75 Å². The van der Waals surface area contributed by atoms with Crippen molar-refractivity contribution in [1.29, 1.82) is 0 Å². The van der Waals surface area contributed by atoms with Crippen LogP contribution < -0.4 is 10.6 Å². The summed E-state index contributed by atoms with van der Waals surface area (Å²) in [6, 6.07) is 3.79. The van der Waals surface area contributed by atoms with Gasteiger partial charge < -0.3 is 20.8 Å². The molecular weight excluding hydrogens is 236 g/mol. The van der Waals surface area contributed by atoms with Gasteiger partial charge in [-0.15, -0.1) is 0 Å². The monoisotopic (exact) mass is 252 g/mol. The van der Waals surface area contributed by atoms with Crippen LogP contribution >= 0.6 is 0 Å². The van der Waals surface area contributed by atoms with Gasteiger partial charge >= 0.3 is 5.97 Å². The maximum Gasteiger partial charge on any atom is 0.337 e. The number of carboxylic acid groups (broad SMARTS) is 1. The molecule has 0 atom stereocenters. The third kappa shape index (κ3) is 4.06. The van der Waals surface area contributed by atoms with Crippen LogP contribution in [-0.2, 0) is 4.79 Å². The number of nitrogens with one attached hydrogen (secondary N) is 2. The molecule has 98 valence electrons. The predicted octanol–water partition coefficient (Wildman–Crippen LogP) is 1.03. The van der Waals surface area contributed by atoms with E-state index in [2.05, 4.69) is 10.6 Å². The lowest BCUT2D eigenvalue weighted by Gasteiger charge is -2.09. The fourth-order valence-corrected chi connectivity index (χ4v) is 1.41. The lowest BCUT2D eigenvalue weighted by molar-refractivity contribution is -0.116. The van der Waals surface area contributed by atoms with Gasteiger partial charge in [-0.05, 0) is 24.7 Å². The SMILES string of the molecule is CCNCCC(=O)Nc1ccc(O)cc1C(=O)O. The molecule has 18 heavy (non-hydrogen) atoms. The number of phenols is 1. The van der Waals surface area contributed by atoms with Crippen LogP contribution in [0.4, 0.5) is 5.69 Å². The number of phenolic OH excluding ortho intramolecular Hbond substituents is 1. The van der Waals surface area contributed by atoms with Gasteiger partial charge in [-0.3, -0.25) is 4.79 Å². The quantitative estimate of drug-likeness (QED) is 0.447. The van der Waals surface area contributed by atoms with Crippen LogP contribution in [0.15, 0.2) is 18.2 Å². The van der Waals surface area contributed by atoms with Gasteiger partial charge in [0.1, 0.15) is 5.75 Å². The first-order chi connectivity index (χ1) is 8.54. The molecule has 1 amide bonds. The Labute approximate surface area is 105 Å². The molecule has 0 saturated carbocycles. The van der Waals surface area contributed by atoms with E-state index in [0.29, 0.717) is 6.54 Å². The Kier molecular flexibility index (Phi) is 5.13. The van der Waals surface area contributed by atoms with Crippen molar-refractivity contribution in [3.05, 3.63) is 23.8 Å². The van der Waals surface area contributed by atoms with Crippen molar-refractivity contribution in [2.24, 2.45) is 0 Å². The average Bonchev–Trinajstić information content (AvgIpc) is 2.31. The summed E-state index contributed by atoms with van der Waals surface area (Å²) in [7, 11) is 0. The van der Waals surface area contributed by atoms with Crippen LogP contribution in [0.25, 0.3) is 0 Å². The van der Waals surface area contributed by atoms with Crippen molar-refractivity contribution in [2.45, 2.75) is 13.3 Å². The molecule has 0 spiro atoms. The zero-order valence-electron chi connectivity index (χ0n) is 10.1. The summed E-state index contributed by atoms with van der Waals surface area (Å²) in [5.41, 5.74) is 0.0496. The van der Waals surface area contributed by atoms with Crippen molar-refractivity contribution in [1.82, 2.24) is 5.32 Å². The number of rotatable bonds is 6. The van der Waals surface area contributed by atoms with Gasteiger partial charge in [-0.25, -0.2) is 4.79 Å². The number of carbonyl (C=O) groups excluding carboxylic acids is 1. The zero-order chi connectivity index (χ0) is 13.5. The van der Waals surface area contributed by atoms with E-state index in [9.17, 15) is 14.7 Å². The molecule has 6 heteroatoms. The van der Waals surface area contributed by atoms with Gasteiger partial charge in [-0.2, -0.15) is 0 Å². The maximum absolute atomic E-state index is 11.5. The number of aromatic hydroxyl groups is 1. The van der Waals surface area contributed by atoms with Gasteiger partial charge in [0.15, 0.2) is 0 Å². The van der Waals surface area contributed by atoms with Gasteiger partial charge in [0.05, 0.1) is 11.3 Å². The van der Waals surface area contributed by atoms with E-state index in [1.165, 1.54) is 12.1 Å². The molecule has 0 bridgehead atoms. The highest BCUT2D eigenvalue weighted by molar-refractivity contribution is 6.00. The number of carbonyl (C=O) groups is 2. The Morgan fingerprint density at radius 1 is 1.33 bits per heavy atom. The van der Waals surface area contributed by atoms with E-state index >= 15 is 0 Å². The van der Waals surface area contributed by atoms with Crippen LogP contribution in [0.5, 0.6) is 5.75 Å². The smallest absolute Gasteiger partial charge is 0.337 e. The average molecular weight is 252 g/mol. The summed E-state index contributed by atoms with van der Waals surface area (Å²) in [4.78, 5) is 22.5. The number of hydrogen-bond donors (Lipinski definition) is 4. The number of carboxylic acids is 1. The second-order valence-electron chi connectivity index (χ2n) is 3.69. The van der Waals surface area contributed by atoms with Crippen LogP contribution in [0.1, 0.15) is 23.7 Å². The molecule has 0 radical (unpaired) electrons. The molecule has 1 aromatic rings. The van der Waals surface area contributed by atoms with Crippen LogP contribution in [-0.4, -0.2) is 35.2 Å². The molecule has 0 heterocycles. The Balaban J connectivity index is 2.72. The van der Waals surface area contributed by atoms with E-state index in [1.807, 2.05) is 6.92 Å². The van der Waals surface area contributed by atoms with Gasteiger partial charge in [0.25, 0.3) is 0 Å². The minimum Gasteiger partial charge on any atom is -0.508 e. The van der Waals surface area contributed by atoms with Crippen molar-refractivity contribution < 1.29 is 19.8 Å². The first kappa shape index (κ1) is 14.0. The Hall–Kier alpha value is -2.08. The van der Waals surface area contributed by atoms with Gasteiger partial charge in [0, 0.05) is 13.0 Å². The van der Waals surface area contributed by atoms with Crippen molar-refractivity contribution in [3.63, 3.8) is 0 Å². The summed E-state index contributed by atoms with van der Waals surface area (Å²) >= 11 is 0. The third-order valence-corrected chi connectivity index (χ3v) is 2.29. The van der Waals surface area contributed by atoms with Gasteiger partial charge in [-0.1, -0.05) is 6.92 Å². The summed E-state index contributed by atoms with van der Waals surface area (Å²) in [6.45, 7) is 3.23. The molecule has 0 unspecified atom stereocenters. The molecule has 0 saturated heterocycles. The minimum atomic E-state index is -1.20. The Bertz CT molecular complexity index is 446. The highest BCUT2D eigenvalue weighted by Gasteiger charge is 2.13. The molecule has 4 N–H and O–H groups in total. The lowest BCUT2D eigenvalue weighted by atomic mass is 10.1. The largest absolute Gasteiger partial charge is 0.508 e. The molecule has 0 aliphatic rings. The molecule has 0 aromatic heterocycles. The van der Waals surface area contributed by atoms with E-state index < -0.39 is 5.97 Å². The summed E-state index contributed by atoms with van der Waals surface area (Å²) in [5, 5.41) is 23.7. The summed E-state index contributed by atoms with van der Waals surface area (Å²) < 4.78 is 0. The van der Waals surface area contributed by atoms with Crippen molar-refractivity contribution >= 4 is 17.6 Å². The van der Waals surface area contributed by atoms with E-state index in [-0.39, 0.29) is 29.3 Å². The predicted molar refractivity (Wildman–Crippen MR) is 66.9 cm³/mol. The second-order valence-corrected chi connectivity index (χ2v) is 3.69. The number of anilines is 1. The number of amides is 1. The third-order valence-electron chi connectivity index (χ3n) is 2.29. The van der Waals surface area contributed by atoms with Crippen molar-refractivity contribution in [2.75, 3.05) is 18.4 Å². The van der Waals surface area contributed by atoms with E-state index in [4.69, 9.17) is 5.11 Å². The van der Waals surface area contributed by atoms with Crippen LogP contribution in [0.3, 0.4) is 0 Å². The number of hydrogen-bond acceptors (Lipinski definition) is 4. The highest BCUT2D eigenvalue weighted by atomic mass is 16.4. The molecule has 1 rings (SSSR count). The Morgan fingerprint density at radius 3 is 2.67 bits per heavy atom. The standard InChI is InChI=1S/C12H16N2O4/c1-2-13-6-5-11(16)14-10-4-3-8(15)7-9(10)12(17)18/h3-4,7,13,15H,2,5-6H2,1H3,(H,14,16)(H,17,18). The normalized spacial score (nSPS) is 10.1. The molecule has 1 aromatic carbocycles. The number of aromatic carboxylic acids is 1. The Morgan fingerprint density at radius 2 is 2.06 bits per heavy atom. The van der Waals surface area contributed by atoms with E-state index in [1.54, 1.807) is 0 Å². The van der Waals surface area contributed by atoms with Gasteiger partial charge in [0.2, 0.25) is 5.91 Å². The molecule has 0 fully saturated rings. The zero-order valence-corrected chi connectivity index (χ0v) is 10.1. The molecule has 0 aliphatic heterocycles. The topological polar surface area (TPSA) is 98.7 Å².